The van der Waals surface area contributed by atoms with Crippen LogP contribution in [0.4, 0.5) is 5.69 Å². The Kier molecular flexibility index (Phi) is 2.92. The summed E-state index contributed by atoms with van der Waals surface area (Å²) in [6, 6.07) is 9.65. The Bertz CT molecular complexity index is 387. The van der Waals surface area contributed by atoms with Crippen LogP contribution in [0, 0.1) is 0 Å². The minimum Gasteiger partial charge on any atom is -0.399 e. The van der Waals surface area contributed by atoms with Gasteiger partial charge in [-0.25, -0.2) is 0 Å². The number of fused-ring (bicyclic) bond motifs is 1. The number of rotatable bonds is 0. The van der Waals surface area contributed by atoms with Gasteiger partial charge in [-0.05, 0) is 18.2 Å². The molecule has 1 aromatic carbocycles. The topological polar surface area (TPSA) is 38.9 Å². The molecule has 0 saturated heterocycles. The number of benzene rings is 1. The molecule has 0 aliphatic heterocycles. The minimum atomic E-state index is 0. The van der Waals surface area contributed by atoms with Gasteiger partial charge >= 0.3 is 0 Å². The first-order valence-corrected chi connectivity index (χ1v) is 3.46. The molecule has 1 aromatic heterocycles. The first-order valence-electron chi connectivity index (χ1n) is 3.46. The zero-order chi connectivity index (χ0) is 7.68. The first kappa shape index (κ1) is 9.32. The van der Waals surface area contributed by atoms with Crippen molar-refractivity contribution in [3.8, 4) is 0 Å². The standard InChI is InChI=1S/C9H8N2.Sn/c10-8-4-3-7-2-1-5-11-9(7)6-8;/h1-6H,10H2;. The molecule has 2 N–H and O–H groups in total. The molecule has 0 unspecified atom stereocenters. The summed E-state index contributed by atoms with van der Waals surface area (Å²) in [5.41, 5.74) is 7.30. The Morgan fingerprint density at radius 1 is 1.17 bits per heavy atom. The van der Waals surface area contributed by atoms with E-state index in [0.717, 1.165) is 16.6 Å². The molecule has 2 rings (SSSR count). The molecule has 0 aliphatic rings. The van der Waals surface area contributed by atoms with Crippen molar-refractivity contribution in [3.05, 3.63) is 36.5 Å². The predicted molar refractivity (Wildman–Crippen MR) is 51.9 cm³/mol. The zero-order valence-electron chi connectivity index (χ0n) is 6.49. The number of nitrogens with two attached hydrogens (primary N) is 1. The van der Waals surface area contributed by atoms with Crippen LogP contribution in [0.5, 0.6) is 0 Å². The van der Waals surface area contributed by atoms with Crippen LogP contribution in [0.25, 0.3) is 10.9 Å². The number of aromatic nitrogens is 1. The molecule has 2 aromatic rings. The van der Waals surface area contributed by atoms with Crippen LogP contribution >= 0.6 is 0 Å². The molecule has 0 spiro atoms. The van der Waals surface area contributed by atoms with Crippen molar-refractivity contribution < 1.29 is 0 Å². The van der Waals surface area contributed by atoms with Crippen LogP contribution in [0.2, 0.25) is 0 Å². The Morgan fingerprint density at radius 3 is 2.83 bits per heavy atom. The van der Waals surface area contributed by atoms with Gasteiger partial charge in [-0.15, -0.1) is 0 Å². The van der Waals surface area contributed by atoms with Crippen molar-refractivity contribution in [2.24, 2.45) is 0 Å². The van der Waals surface area contributed by atoms with Gasteiger partial charge in [-0.1, -0.05) is 12.1 Å². The first-order chi connectivity index (χ1) is 5.36. The molecule has 12 heavy (non-hydrogen) atoms. The van der Waals surface area contributed by atoms with E-state index < -0.39 is 0 Å². The largest absolute Gasteiger partial charge is 0.399 e. The van der Waals surface area contributed by atoms with Crippen molar-refractivity contribution in [2.45, 2.75) is 0 Å². The summed E-state index contributed by atoms with van der Waals surface area (Å²) in [5.74, 6) is 0. The van der Waals surface area contributed by atoms with Gasteiger partial charge in [0, 0.05) is 41.2 Å². The van der Waals surface area contributed by atoms with Crippen molar-refractivity contribution in [3.63, 3.8) is 0 Å². The van der Waals surface area contributed by atoms with Gasteiger partial charge in [-0.2, -0.15) is 0 Å². The van der Waals surface area contributed by atoms with Gasteiger partial charge in [0.1, 0.15) is 0 Å². The molecular weight excluding hydrogens is 255 g/mol. The Labute approximate surface area is 87.8 Å². The van der Waals surface area contributed by atoms with E-state index >= 15 is 0 Å². The second kappa shape index (κ2) is 3.76. The van der Waals surface area contributed by atoms with Crippen LogP contribution in [0.15, 0.2) is 36.5 Å². The van der Waals surface area contributed by atoms with E-state index in [0.29, 0.717) is 0 Å². The Hall–Kier alpha value is -0.771. The number of pyridine rings is 1. The molecule has 0 bridgehead atoms. The van der Waals surface area contributed by atoms with E-state index in [1.54, 1.807) is 6.20 Å². The van der Waals surface area contributed by atoms with Crippen LogP contribution in [0.3, 0.4) is 0 Å². The summed E-state index contributed by atoms with van der Waals surface area (Å²) in [6.45, 7) is 0. The minimum absolute atomic E-state index is 0. The maximum Gasteiger partial charge on any atom is 0.0722 e. The third-order valence-corrected chi connectivity index (χ3v) is 1.63. The van der Waals surface area contributed by atoms with Crippen LogP contribution in [0.1, 0.15) is 0 Å². The third-order valence-electron chi connectivity index (χ3n) is 1.63. The number of hydrogen-bond donors (Lipinski definition) is 1. The Morgan fingerprint density at radius 2 is 2.00 bits per heavy atom. The van der Waals surface area contributed by atoms with Gasteiger partial charge in [0.05, 0.1) is 5.52 Å². The van der Waals surface area contributed by atoms with E-state index in [9.17, 15) is 0 Å². The van der Waals surface area contributed by atoms with Gasteiger partial charge in [-0.3, -0.25) is 4.98 Å². The average Bonchev–Trinajstić information content (AvgIpc) is 2.04. The van der Waals surface area contributed by atoms with Crippen molar-refractivity contribution in [1.29, 1.82) is 0 Å². The number of nitrogens with zero attached hydrogens (tertiary/aromatic N) is 1. The monoisotopic (exact) mass is 264 g/mol. The smallest absolute Gasteiger partial charge is 0.0722 e. The van der Waals surface area contributed by atoms with E-state index in [4.69, 9.17) is 5.73 Å². The summed E-state index contributed by atoms with van der Waals surface area (Å²) in [4.78, 5) is 4.16. The van der Waals surface area contributed by atoms with E-state index in [2.05, 4.69) is 4.98 Å². The quantitative estimate of drug-likeness (QED) is 0.576. The third kappa shape index (κ3) is 1.69. The van der Waals surface area contributed by atoms with E-state index in [1.807, 2.05) is 30.3 Å². The number of hydrogen-bond acceptors (Lipinski definition) is 2. The predicted octanol–water partition coefficient (Wildman–Crippen LogP) is 1.44. The maximum absolute atomic E-state index is 5.58. The fraction of sp³-hybridized carbons (Fsp3) is 0. The number of nitrogen functional groups attached to an aromatic ring is 1. The molecule has 58 valence electrons. The molecule has 4 radical (unpaired) electrons. The molecule has 3 heteroatoms. The van der Waals surface area contributed by atoms with Crippen molar-refractivity contribution in [1.82, 2.24) is 4.98 Å². The fourth-order valence-corrected chi connectivity index (χ4v) is 1.08. The fourth-order valence-electron chi connectivity index (χ4n) is 1.08. The van der Waals surface area contributed by atoms with Crippen LogP contribution in [-0.2, 0) is 0 Å². The summed E-state index contributed by atoms with van der Waals surface area (Å²) in [7, 11) is 0. The normalized spacial score (nSPS) is 9.33. The number of anilines is 1. The average molecular weight is 263 g/mol. The maximum atomic E-state index is 5.58. The van der Waals surface area contributed by atoms with Gasteiger partial charge < -0.3 is 5.73 Å². The van der Waals surface area contributed by atoms with E-state index in [1.165, 1.54) is 0 Å². The molecule has 0 saturated carbocycles. The second-order valence-electron chi connectivity index (χ2n) is 2.46. The van der Waals surface area contributed by atoms with Crippen molar-refractivity contribution in [2.75, 3.05) is 5.73 Å². The van der Waals surface area contributed by atoms with Crippen LogP contribution in [-0.4, -0.2) is 28.9 Å². The van der Waals surface area contributed by atoms with Gasteiger partial charge in [0.25, 0.3) is 0 Å². The molecular formula is C9H8N2Sn. The summed E-state index contributed by atoms with van der Waals surface area (Å²) >= 11 is 0. The van der Waals surface area contributed by atoms with Crippen molar-refractivity contribution >= 4 is 40.5 Å². The van der Waals surface area contributed by atoms with Crippen LogP contribution < -0.4 is 5.73 Å². The SMILES string of the molecule is Nc1ccc2cccnc2c1.[Sn]. The Balaban J connectivity index is 0.000000720. The second-order valence-corrected chi connectivity index (χ2v) is 2.46. The molecule has 1 heterocycles. The van der Waals surface area contributed by atoms with Gasteiger partial charge in [0.15, 0.2) is 0 Å². The molecule has 2 nitrogen and oxygen atoms in total. The molecule has 0 atom stereocenters. The summed E-state index contributed by atoms with van der Waals surface area (Å²) in [5, 5.41) is 1.13. The molecule has 0 fully saturated rings. The van der Waals surface area contributed by atoms with Gasteiger partial charge in [0.2, 0.25) is 0 Å². The van der Waals surface area contributed by atoms with E-state index in [-0.39, 0.29) is 23.9 Å². The summed E-state index contributed by atoms with van der Waals surface area (Å²) < 4.78 is 0. The molecule has 0 aliphatic carbocycles. The zero-order valence-corrected chi connectivity index (χ0v) is 9.34. The molecule has 0 amide bonds. The summed E-state index contributed by atoms with van der Waals surface area (Å²) in [6.07, 6.45) is 1.77.